The van der Waals surface area contributed by atoms with Crippen LogP contribution in [0, 0.1) is 0 Å². The molecule has 0 bridgehead atoms. The molecule has 0 atom stereocenters. The lowest BCUT2D eigenvalue weighted by molar-refractivity contribution is -0.468. The smallest absolute Gasteiger partial charge is 0.291 e. The third-order valence-electron chi connectivity index (χ3n) is 0.985. The summed E-state index contributed by atoms with van der Waals surface area (Å²) in [7, 11) is 3.82. The normalized spacial score (nSPS) is 10.9. The van der Waals surface area contributed by atoms with Crippen molar-refractivity contribution in [3.05, 3.63) is 0 Å². The Bertz CT molecular complexity index is 137. The molecular formula is C7H18N3+. The van der Waals surface area contributed by atoms with E-state index in [1.165, 1.54) is 0 Å². The van der Waals surface area contributed by atoms with Crippen LogP contribution < -0.4 is 11.1 Å². The van der Waals surface area contributed by atoms with E-state index in [0.717, 1.165) is 0 Å². The van der Waals surface area contributed by atoms with Crippen LogP contribution in [-0.2, 0) is 0 Å². The van der Waals surface area contributed by atoms with Crippen LogP contribution in [0.1, 0.15) is 20.8 Å². The van der Waals surface area contributed by atoms with Gasteiger partial charge in [0.25, 0.3) is 0 Å². The molecule has 3 N–H and O–H groups in total. The second-order valence-corrected chi connectivity index (χ2v) is 3.65. The van der Waals surface area contributed by atoms with Gasteiger partial charge >= 0.3 is 5.96 Å². The Morgan fingerprint density at radius 3 is 1.80 bits per heavy atom. The summed E-state index contributed by atoms with van der Waals surface area (Å²) in [6, 6.07) is 0. The fraction of sp³-hybridized carbons (Fsp3) is 0.857. The van der Waals surface area contributed by atoms with Gasteiger partial charge in [-0.05, 0) is 20.8 Å². The molecule has 0 aromatic rings. The average Bonchev–Trinajstić information content (AvgIpc) is 1.60. The van der Waals surface area contributed by atoms with Gasteiger partial charge in [-0.3, -0.25) is 15.6 Å². The highest BCUT2D eigenvalue weighted by molar-refractivity contribution is 5.73. The highest BCUT2D eigenvalue weighted by Crippen LogP contribution is 1.96. The van der Waals surface area contributed by atoms with Gasteiger partial charge in [0.05, 0.1) is 19.6 Å². The summed E-state index contributed by atoms with van der Waals surface area (Å²) < 4.78 is 1.85. The largest absolute Gasteiger partial charge is 0.343 e. The first-order valence-electron chi connectivity index (χ1n) is 3.41. The van der Waals surface area contributed by atoms with E-state index in [4.69, 9.17) is 5.73 Å². The molecule has 3 nitrogen and oxygen atoms in total. The molecule has 60 valence electrons. The summed E-state index contributed by atoms with van der Waals surface area (Å²) in [6.45, 7) is 6.22. The van der Waals surface area contributed by atoms with Gasteiger partial charge < -0.3 is 0 Å². The average molecular weight is 144 g/mol. The first-order valence-corrected chi connectivity index (χ1v) is 3.41. The van der Waals surface area contributed by atoms with Crippen molar-refractivity contribution in [2.24, 2.45) is 5.73 Å². The van der Waals surface area contributed by atoms with Gasteiger partial charge in [0.1, 0.15) is 0 Å². The van der Waals surface area contributed by atoms with Gasteiger partial charge in [0.15, 0.2) is 0 Å². The lowest BCUT2D eigenvalue weighted by Gasteiger charge is -2.16. The Kier molecular flexibility index (Phi) is 2.69. The Morgan fingerprint density at radius 1 is 1.30 bits per heavy atom. The maximum atomic E-state index is 5.63. The highest BCUT2D eigenvalue weighted by atomic mass is 15.2. The molecule has 10 heavy (non-hydrogen) atoms. The van der Waals surface area contributed by atoms with Crippen molar-refractivity contribution in [1.82, 2.24) is 5.32 Å². The Balaban J connectivity index is 4.06. The van der Waals surface area contributed by atoms with Crippen molar-refractivity contribution in [1.29, 1.82) is 0 Å². The van der Waals surface area contributed by atoms with E-state index in [2.05, 4.69) is 26.1 Å². The summed E-state index contributed by atoms with van der Waals surface area (Å²) in [5.41, 5.74) is 5.68. The molecule has 0 aliphatic heterocycles. The summed E-state index contributed by atoms with van der Waals surface area (Å²) in [5.74, 6) is 0.701. The van der Waals surface area contributed by atoms with Gasteiger partial charge in [0.2, 0.25) is 0 Å². The van der Waals surface area contributed by atoms with E-state index in [9.17, 15) is 0 Å². The number of hydrogen-bond donors (Lipinski definition) is 2. The van der Waals surface area contributed by atoms with Gasteiger partial charge in [0, 0.05) is 0 Å². The summed E-state index contributed by atoms with van der Waals surface area (Å²) in [6.07, 6.45) is 0. The van der Waals surface area contributed by atoms with Crippen molar-refractivity contribution >= 4 is 5.96 Å². The summed E-state index contributed by atoms with van der Waals surface area (Å²) in [4.78, 5) is 0. The lowest BCUT2D eigenvalue weighted by atomic mass is 10.1. The summed E-state index contributed by atoms with van der Waals surface area (Å²) >= 11 is 0. The van der Waals surface area contributed by atoms with Gasteiger partial charge in [-0.25, -0.2) is 0 Å². The molecule has 0 saturated carbocycles. The van der Waals surface area contributed by atoms with E-state index in [0.29, 0.717) is 5.96 Å². The number of guanidine groups is 1. The minimum absolute atomic E-state index is 0.0500. The van der Waals surface area contributed by atoms with E-state index >= 15 is 0 Å². The van der Waals surface area contributed by atoms with Crippen molar-refractivity contribution in [2.75, 3.05) is 14.1 Å². The topological polar surface area (TPSA) is 41.1 Å². The fourth-order valence-electron chi connectivity index (χ4n) is 0.496. The number of rotatable bonds is 0. The molecule has 0 saturated heterocycles. The third-order valence-corrected chi connectivity index (χ3v) is 0.985. The van der Waals surface area contributed by atoms with Crippen molar-refractivity contribution in [3.63, 3.8) is 0 Å². The molecule has 0 aliphatic rings. The van der Waals surface area contributed by atoms with Gasteiger partial charge in [-0.2, -0.15) is 0 Å². The second kappa shape index (κ2) is 2.90. The maximum Gasteiger partial charge on any atom is 0.343 e. The van der Waals surface area contributed by atoms with E-state index in [1.807, 2.05) is 18.7 Å². The Labute approximate surface area is 62.9 Å². The molecular weight excluding hydrogens is 126 g/mol. The minimum atomic E-state index is 0.0500. The van der Waals surface area contributed by atoms with Crippen LogP contribution in [0.3, 0.4) is 0 Å². The predicted octanol–water partition coefficient (Wildman–Crippen LogP) is -0.0387. The van der Waals surface area contributed by atoms with Crippen LogP contribution in [0.5, 0.6) is 0 Å². The molecule has 0 heterocycles. The maximum absolute atomic E-state index is 5.63. The van der Waals surface area contributed by atoms with Crippen LogP contribution in [0.15, 0.2) is 0 Å². The van der Waals surface area contributed by atoms with Crippen LogP contribution in [0.25, 0.3) is 0 Å². The molecule has 0 fully saturated rings. The van der Waals surface area contributed by atoms with Gasteiger partial charge in [-0.15, -0.1) is 0 Å². The second-order valence-electron chi connectivity index (χ2n) is 3.65. The molecule has 0 spiro atoms. The molecule has 0 rings (SSSR count). The zero-order valence-corrected chi connectivity index (χ0v) is 7.52. The van der Waals surface area contributed by atoms with Crippen molar-refractivity contribution in [3.8, 4) is 0 Å². The minimum Gasteiger partial charge on any atom is -0.291 e. The molecule has 3 heteroatoms. The quantitative estimate of drug-likeness (QED) is 0.284. The van der Waals surface area contributed by atoms with Crippen molar-refractivity contribution < 1.29 is 4.58 Å². The number of nitrogens with zero attached hydrogens (tertiary/aromatic N) is 1. The SMILES string of the molecule is C[N+](C)=C(N)NC(C)(C)C. The zero-order chi connectivity index (χ0) is 8.36. The molecule has 0 unspecified atom stereocenters. The van der Waals surface area contributed by atoms with E-state index in [1.54, 1.807) is 0 Å². The molecule has 0 radical (unpaired) electrons. The Hall–Kier alpha value is -0.730. The van der Waals surface area contributed by atoms with Gasteiger partial charge in [-0.1, -0.05) is 0 Å². The molecule has 0 aromatic heterocycles. The van der Waals surface area contributed by atoms with Crippen LogP contribution in [0.2, 0.25) is 0 Å². The molecule has 0 aromatic carbocycles. The van der Waals surface area contributed by atoms with Crippen LogP contribution in [0.4, 0.5) is 0 Å². The number of hydrogen-bond acceptors (Lipinski definition) is 0. The van der Waals surface area contributed by atoms with E-state index in [-0.39, 0.29) is 5.54 Å². The monoisotopic (exact) mass is 144 g/mol. The number of nitrogens with two attached hydrogens (primary N) is 1. The first kappa shape index (κ1) is 9.27. The number of nitrogens with one attached hydrogen (secondary N) is 1. The molecule has 0 aliphatic carbocycles. The third kappa shape index (κ3) is 4.18. The fourth-order valence-corrected chi connectivity index (χ4v) is 0.496. The van der Waals surface area contributed by atoms with Crippen LogP contribution >= 0.6 is 0 Å². The van der Waals surface area contributed by atoms with E-state index < -0.39 is 0 Å². The van der Waals surface area contributed by atoms with Crippen LogP contribution in [-0.4, -0.2) is 30.2 Å². The predicted molar refractivity (Wildman–Crippen MR) is 44.2 cm³/mol. The highest BCUT2D eigenvalue weighted by Gasteiger charge is 2.15. The summed E-state index contributed by atoms with van der Waals surface area (Å²) in [5, 5.41) is 3.14. The Morgan fingerprint density at radius 2 is 1.70 bits per heavy atom. The standard InChI is InChI=1S/C7H17N3/c1-7(2,3)9-6(8)10(4)5/h1-5H3,(H2,8,9)/p+1. The molecule has 0 amide bonds. The zero-order valence-electron chi connectivity index (χ0n) is 7.52. The first-order chi connectivity index (χ1) is 4.33. The van der Waals surface area contributed by atoms with Crippen molar-refractivity contribution in [2.45, 2.75) is 26.3 Å². The lowest BCUT2D eigenvalue weighted by Crippen LogP contribution is -2.48.